The number of methoxy groups -OCH3 is 15. The van der Waals surface area contributed by atoms with Gasteiger partial charge in [0.05, 0.1) is 126 Å². The molecule has 0 atom stereocenters. The zero-order valence-corrected chi connectivity index (χ0v) is 76.7. The number of hydrogen-bond acceptors (Lipinski definition) is 32. The minimum atomic E-state index is -3.50. The molecule has 662 valence electrons. The summed E-state index contributed by atoms with van der Waals surface area (Å²) in [6.07, 6.45) is 1.02. The number of nitro benzene ring substituents is 2. The average molecular weight is 1880 g/mol. The number of nitro groups is 2. The van der Waals surface area contributed by atoms with Gasteiger partial charge >= 0.3 is 50.9 Å². The Hall–Kier alpha value is -12.8. The van der Waals surface area contributed by atoms with E-state index < -0.39 is 43.7 Å². The van der Waals surface area contributed by atoms with Crippen molar-refractivity contribution in [2.45, 2.75) is 0 Å². The first-order valence-corrected chi connectivity index (χ1v) is 42.1. The number of nitrogens with one attached hydrogen (secondary N) is 1. The molecule has 0 aliphatic heterocycles. The molecule has 10 rings (SSSR count). The summed E-state index contributed by atoms with van der Waals surface area (Å²) in [6.45, 7) is 0.543. The van der Waals surface area contributed by atoms with E-state index in [1.807, 2.05) is 24.3 Å². The summed E-state index contributed by atoms with van der Waals surface area (Å²) in [5.74, 6) is 4.11. The molecule has 39 heteroatoms. The van der Waals surface area contributed by atoms with E-state index in [1.165, 1.54) is 100 Å². The fourth-order valence-corrected chi connectivity index (χ4v) is 11.1. The molecular weight excluding hydrogens is 1790 g/mol. The number of phenols is 1. The summed E-state index contributed by atoms with van der Waals surface area (Å²) < 4.78 is 127. The predicted octanol–water partition coefficient (Wildman–Crippen LogP) is 15.6. The molecule has 0 unspecified atom stereocenters. The minimum absolute atomic E-state index is 0.00143. The zero-order chi connectivity index (χ0) is 92.3. The van der Waals surface area contributed by atoms with E-state index in [1.54, 1.807) is 164 Å². The number of aromatic hydroxyl groups is 1. The van der Waals surface area contributed by atoms with Crippen LogP contribution < -0.4 is 62.6 Å². The number of anilines is 2. The SMILES string of the molecule is COC(=O)c1cc([N+](=O)[O-])ccc1Br.COCOc1[c-]c(OC)ccc1.COCOc1cccc(OC)c1.COCOc1cccc(OC)c1-c1ccc(N)cc1C(=O)OC.COCOc1cccc(OC)c1-c1ccc(NS(C)(=O)=O)cc1C(=O)OC.COCOc1cccc(OC)c1-c1ccc([N+](=O)[O-])cc1C(=O)OC.COc1cccc(O)c1.[Cl][Zn+]. The van der Waals surface area contributed by atoms with Crippen molar-refractivity contribution in [3.63, 3.8) is 0 Å². The van der Waals surface area contributed by atoms with Crippen LogP contribution in [0, 0.1) is 26.3 Å². The van der Waals surface area contributed by atoms with Gasteiger partial charge in [0.15, 0.2) is 34.0 Å². The third-order valence-electron chi connectivity index (χ3n) is 15.5. The second-order valence-electron chi connectivity index (χ2n) is 23.5. The first-order valence-electron chi connectivity index (χ1n) is 35.6. The van der Waals surface area contributed by atoms with Gasteiger partial charge in [0, 0.05) is 116 Å². The van der Waals surface area contributed by atoms with Crippen molar-refractivity contribution >= 4 is 82.3 Å². The van der Waals surface area contributed by atoms with Gasteiger partial charge in [-0.3, -0.25) is 25.0 Å². The van der Waals surface area contributed by atoms with Gasteiger partial charge in [-0.05, 0) is 113 Å². The molecule has 0 saturated heterocycles. The van der Waals surface area contributed by atoms with E-state index in [0.29, 0.717) is 101 Å². The first kappa shape index (κ1) is 105. The maximum atomic E-state index is 12.3. The molecule has 10 aromatic rings. The van der Waals surface area contributed by atoms with Gasteiger partial charge in [-0.15, -0.1) is 12.1 Å². The Kier molecular flexibility index (Phi) is 48.9. The Morgan fingerprint density at radius 1 is 0.411 bits per heavy atom. The number of hydrogen-bond donors (Lipinski definition) is 3. The number of halogens is 2. The third-order valence-corrected chi connectivity index (χ3v) is 16.8. The number of non-ortho nitro benzene ring substituents is 2. The average Bonchev–Trinajstić information content (AvgIpc) is 0.807. The van der Waals surface area contributed by atoms with Gasteiger partial charge in [0.25, 0.3) is 11.4 Å². The molecule has 0 spiro atoms. The fourth-order valence-electron chi connectivity index (χ4n) is 10.2. The molecule has 0 bridgehead atoms. The van der Waals surface area contributed by atoms with Crippen LogP contribution in [0.4, 0.5) is 22.7 Å². The summed E-state index contributed by atoms with van der Waals surface area (Å²) in [5, 5.41) is 30.3. The van der Waals surface area contributed by atoms with Crippen LogP contribution in [0.2, 0.25) is 0 Å². The topological polar surface area (TPSA) is 432 Å². The number of ether oxygens (including phenoxy) is 20. The van der Waals surface area contributed by atoms with E-state index in [-0.39, 0.29) is 73.5 Å². The number of esters is 4. The molecule has 0 heterocycles. The second kappa shape index (κ2) is 57.5. The molecule has 0 aromatic heterocycles. The van der Waals surface area contributed by atoms with E-state index in [0.717, 1.165) is 47.2 Å². The van der Waals surface area contributed by atoms with Crippen LogP contribution in [0.25, 0.3) is 33.4 Å². The van der Waals surface area contributed by atoms with Gasteiger partial charge in [-0.1, -0.05) is 48.5 Å². The number of sulfonamides is 1. The number of nitrogens with two attached hydrogens (primary N) is 1. The van der Waals surface area contributed by atoms with Gasteiger partial charge in [0.1, 0.15) is 57.5 Å². The van der Waals surface area contributed by atoms with Crippen LogP contribution in [-0.2, 0) is 70.0 Å². The number of nitrogens with zero attached hydrogens (tertiary/aromatic N) is 2. The Balaban J connectivity index is 0.000000383. The number of benzene rings is 10. The standard InChI is InChI=1S/C18H21NO7S.C17H17NO7.C17H19NO5.C9H12O3.C9H11O3.C8H6BrNO4.C7H8O2.ClH.Zn/c1-23-11-26-16-7-5-6-15(24-2)17(16)13-9-8-12(19-27(4,21)22)10-14(13)18(20)25-3;1-22-10-25-15-6-4-5-14(23-2)16(15)12-8-7-11(18(20)21)9-13(12)17(19)24-3;1-20-10-23-15-6-4-5-14(21-2)16(15)12-8-7-11(18)9-13(12)17(19)22-3;2*1-10-7-12-9-5-3-4-8(6-9)11-2;1-14-8(11)6-4-5(10(12)13)2-3-7(6)9;1-9-7-4-2-3-6(8)5-7;;/h5-10,19H,11H2,1-4H3;4-9H,10H2,1-3H3;4-9H,10,18H2,1-3H3;3-6H,7H2,1-2H3;3-5H,7H2,1-2H3;2-4H,1H3;2-5,8H,1H3;1H;/q;;;;-1;;;;+2/p-1. The van der Waals surface area contributed by atoms with E-state index >= 15 is 0 Å². The summed E-state index contributed by atoms with van der Waals surface area (Å²) in [5.41, 5.74) is 9.85. The normalized spacial score (nSPS) is 9.97. The quantitative estimate of drug-likeness (QED) is 0.00515. The van der Waals surface area contributed by atoms with Gasteiger partial charge in [-0.2, -0.15) is 6.07 Å². The molecule has 124 heavy (non-hydrogen) atoms. The number of rotatable bonds is 32. The number of carbonyl (C=O) groups is 4. The van der Waals surface area contributed by atoms with Crippen LogP contribution in [-0.4, -0.2) is 194 Å². The molecule has 0 aliphatic rings. The number of carbonyl (C=O) groups excluding carboxylic acids is 4. The number of nitrogen functional groups attached to an aromatic ring is 1. The summed E-state index contributed by atoms with van der Waals surface area (Å²) in [6, 6.07) is 55.3. The van der Waals surface area contributed by atoms with E-state index in [4.69, 9.17) is 111 Å². The summed E-state index contributed by atoms with van der Waals surface area (Å²) in [4.78, 5) is 68.0. The molecule has 0 fully saturated rings. The maximum absolute atomic E-state index is 12.3. The molecule has 0 amide bonds. The van der Waals surface area contributed by atoms with Crippen molar-refractivity contribution in [1.29, 1.82) is 0 Å². The predicted molar refractivity (Wildman–Crippen MR) is 459 cm³/mol. The Morgan fingerprint density at radius 3 is 1.18 bits per heavy atom. The number of phenolic OH excluding ortho intramolecular Hbond substituents is 1. The Labute approximate surface area is 739 Å². The van der Waals surface area contributed by atoms with Gasteiger partial charge in [-0.25, -0.2) is 27.6 Å². The first-order chi connectivity index (χ1) is 59.6. The second-order valence-corrected chi connectivity index (χ2v) is 26.1. The van der Waals surface area contributed by atoms with E-state index in [9.17, 15) is 47.8 Å². The molecule has 0 radical (unpaired) electrons. The van der Waals surface area contributed by atoms with Gasteiger partial charge in [0.2, 0.25) is 10.0 Å². The van der Waals surface area contributed by atoms with Crippen LogP contribution in [0.3, 0.4) is 0 Å². The summed E-state index contributed by atoms with van der Waals surface area (Å²) in [7, 11) is 23.2. The molecule has 0 aliphatic carbocycles. The van der Waals surface area contributed by atoms with Crippen molar-refractivity contribution in [2.75, 3.05) is 157 Å². The Bertz CT molecular complexity index is 5120. The molecular formula is C85H94BrClN4O31SZn. The van der Waals surface area contributed by atoms with Crippen molar-refractivity contribution < 1.29 is 155 Å². The summed E-state index contributed by atoms with van der Waals surface area (Å²) >= 11 is 3.94. The zero-order valence-electron chi connectivity index (χ0n) is 70.5. The van der Waals surface area contributed by atoms with E-state index in [2.05, 4.69) is 31.5 Å². The van der Waals surface area contributed by atoms with Crippen molar-refractivity contribution in [3.05, 3.63) is 247 Å². The monoisotopic (exact) mass is 1880 g/mol. The molecule has 35 nitrogen and oxygen atoms in total. The van der Waals surface area contributed by atoms with Crippen molar-refractivity contribution in [1.82, 2.24) is 0 Å². The molecule has 10 aromatic carbocycles. The molecule has 0 saturated carbocycles. The van der Waals surface area contributed by atoms with Crippen LogP contribution in [0.5, 0.6) is 69.0 Å². The van der Waals surface area contributed by atoms with Gasteiger partial charge < -0.3 is 106 Å². The van der Waals surface area contributed by atoms with Crippen LogP contribution >= 0.6 is 25.6 Å². The van der Waals surface area contributed by atoms with Crippen molar-refractivity contribution in [3.8, 4) is 102 Å². The van der Waals surface area contributed by atoms with Crippen LogP contribution in [0.15, 0.2) is 199 Å². The fraction of sp³-hybridized carbons (Fsp3) is 0.247. The van der Waals surface area contributed by atoms with Crippen molar-refractivity contribution in [2.24, 2.45) is 0 Å². The molecule has 4 N–H and O–H groups in total. The van der Waals surface area contributed by atoms with Crippen LogP contribution in [0.1, 0.15) is 41.4 Å². The third kappa shape index (κ3) is 34.6. The Morgan fingerprint density at radius 2 is 0.766 bits per heavy atom.